The number of carbonyl (C=O) groups excluding carboxylic acids is 1. The minimum atomic E-state index is -0.0475. The summed E-state index contributed by atoms with van der Waals surface area (Å²) >= 11 is 7.67. The number of carbonyl (C=O) groups is 1. The number of likely N-dealkylation sites (tertiary alicyclic amines) is 1. The minimum Gasteiger partial charge on any atom is -0.339 e. The zero-order valence-electron chi connectivity index (χ0n) is 13.1. The van der Waals surface area contributed by atoms with Gasteiger partial charge in [0.25, 0.3) is 0 Å². The predicted octanol–water partition coefficient (Wildman–Crippen LogP) is 4.09. The summed E-state index contributed by atoms with van der Waals surface area (Å²) in [5.74, 6) is 1.23. The van der Waals surface area contributed by atoms with Crippen molar-refractivity contribution < 1.29 is 9.32 Å². The van der Waals surface area contributed by atoms with Crippen LogP contribution in [-0.4, -0.2) is 34.0 Å². The summed E-state index contributed by atoms with van der Waals surface area (Å²) in [6.45, 7) is 1.16. The van der Waals surface area contributed by atoms with Gasteiger partial charge in [-0.3, -0.25) is 4.79 Å². The Morgan fingerprint density at radius 2 is 2.16 bits per heavy atom. The first-order valence-corrected chi connectivity index (χ1v) is 9.10. The van der Waals surface area contributed by atoms with Crippen LogP contribution in [0, 0.1) is 0 Å². The van der Waals surface area contributed by atoms with E-state index in [0.29, 0.717) is 29.8 Å². The monoisotopic (exact) mass is 371 g/mol. The number of nitrogens with zero attached hydrogens (tertiary/aromatic N) is 3. The zero-order valence-corrected chi connectivity index (χ0v) is 14.7. The highest BCUT2D eigenvalue weighted by atomic mass is 35.5. The van der Waals surface area contributed by atoms with E-state index in [0.717, 1.165) is 11.1 Å². The topological polar surface area (TPSA) is 59.2 Å². The van der Waals surface area contributed by atoms with Crippen molar-refractivity contribution in [3.05, 3.63) is 63.6 Å². The zero-order chi connectivity index (χ0) is 17.2. The van der Waals surface area contributed by atoms with Gasteiger partial charge in [0.05, 0.1) is 5.92 Å². The van der Waals surface area contributed by atoms with Crippen LogP contribution in [0.1, 0.15) is 17.4 Å². The Morgan fingerprint density at radius 1 is 1.32 bits per heavy atom. The molecule has 1 amide bonds. The number of hydrogen-bond acceptors (Lipinski definition) is 5. The molecular formula is C18H14ClN3O2S. The maximum atomic E-state index is 12.2. The Morgan fingerprint density at radius 3 is 2.92 bits per heavy atom. The number of thiophene rings is 1. The number of amides is 1. The summed E-state index contributed by atoms with van der Waals surface area (Å²) in [5.41, 5.74) is 1.78. The van der Waals surface area contributed by atoms with Crippen molar-refractivity contribution in [3.63, 3.8) is 0 Å². The van der Waals surface area contributed by atoms with Crippen LogP contribution in [0.25, 0.3) is 17.5 Å². The maximum absolute atomic E-state index is 12.2. The van der Waals surface area contributed by atoms with Gasteiger partial charge in [-0.05, 0) is 29.2 Å². The molecule has 0 bridgehead atoms. The molecule has 1 aromatic carbocycles. The molecule has 3 aromatic rings. The average molecular weight is 372 g/mol. The van der Waals surface area contributed by atoms with Crippen LogP contribution in [0.3, 0.4) is 0 Å². The molecule has 0 atom stereocenters. The first kappa shape index (κ1) is 16.1. The van der Waals surface area contributed by atoms with Gasteiger partial charge in [-0.2, -0.15) is 16.3 Å². The second-order valence-electron chi connectivity index (χ2n) is 5.76. The normalized spacial score (nSPS) is 14.8. The second kappa shape index (κ2) is 6.82. The molecule has 0 N–H and O–H groups in total. The van der Waals surface area contributed by atoms with Gasteiger partial charge in [-0.25, -0.2) is 0 Å². The first-order chi connectivity index (χ1) is 12.2. The van der Waals surface area contributed by atoms with E-state index in [9.17, 15) is 4.79 Å². The largest absolute Gasteiger partial charge is 0.339 e. The minimum absolute atomic E-state index is 0.0475. The molecule has 1 aliphatic heterocycles. The van der Waals surface area contributed by atoms with E-state index in [4.69, 9.17) is 16.1 Å². The summed E-state index contributed by atoms with van der Waals surface area (Å²) in [6.07, 6.45) is 3.28. The van der Waals surface area contributed by atoms with E-state index in [1.54, 1.807) is 34.5 Å². The van der Waals surface area contributed by atoms with Gasteiger partial charge in [-0.15, -0.1) is 0 Å². The molecule has 5 nitrogen and oxygen atoms in total. The van der Waals surface area contributed by atoms with E-state index in [1.807, 2.05) is 35.0 Å². The summed E-state index contributed by atoms with van der Waals surface area (Å²) in [7, 11) is 0. The van der Waals surface area contributed by atoms with Gasteiger partial charge in [0.2, 0.25) is 17.6 Å². The van der Waals surface area contributed by atoms with E-state index >= 15 is 0 Å². The maximum Gasteiger partial charge on any atom is 0.246 e. The van der Waals surface area contributed by atoms with Crippen LogP contribution in [-0.2, 0) is 4.79 Å². The lowest BCUT2D eigenvalue weighted by atomic mass is 10.00. The lowest BCUT2D eigenvalue weighted by Crippen LogP contribution is -2.47. The molecule has 0 spiro atoms. The van der Waals surface area contributed by atoms with Gasteiger partial charge in [-0.1, -0.05) is 35.0 Å². The Hall–Kier alpha value is -2.44. The lowest BCUT2D eigenvalue weighted by Gasteiger charge is -2.36. The Kier molecular flexibility index (Phi) is 4.38. The third-order valence-electron chi connectivity index (χ3n) is 4.07. The van der Waals surface area contributed by atoms with Crippen LogP contribution < -0.4 is 0 Å². The third-order valence-corrected chi connectivity index (χ3v) is 5.10. The third kappa shape index (κ3) is 3.36. The molecule has 25 heavy (non-hydrogen) atoms. The molecule has 0 aliphatic carbocycles. The fourth-order valence-corrected chi connectivity index (χ4v) is 3.43. The Labute approximate surface area is 153 Å². The summed E-state index contributed by atoms with van der Waals surface area (Å²) in [5, 5.41) is 8.58. The Bertz CT molecular complexity index is 914. The lowest BCUT2D eigenvalue weighted by molar-refractivity contribution is -0.130. The van der Waals surface area contributed by atoms with Crippen LogP contribution in [0.2, 0.25) is 5.02 Å². The van der Waals surface area contributed by atoms with E-state index < -0.39 is 0 Å². The second-order valence-corrected chi connectivity index (χ2v) is 6.95. The molecule has 0 radical (unpaired) electrons. The van der Waals surface area contributed by atoms with E-state index in [2.05, 4.69) is 10.1 Å². The van der Waals surface area contributed by atoms with Crippen molar-refractivity contribution >= 4 is 34.9 Å². The fourth-order valence-electron chi connectivity index (χ4n) is 2.60. The van der Waals surface area contributed by atoms with Crippen LogP contribution in [0.5, 0.6) is 0 Å². The molecule has 0 unspecified atom stereocenters. The highest BCUT2D eigenvalue weighted by Gasteiger charge is 2.34. The number of hydrogen-bond donors (Lipinski definition) is 0. The van der Waals surface area contributed by atoms with E-state index in [1.165, 1.54) is 0 Å². The molecule has 1 saturated heterocycles. The molecule has 7 heteroatoms. The quantitative estimate of drug-likeness (QED) is 0.648. The van der Waals surface area contributed by atoms with Gasteiger partial charge in [0.15, 0.2) is 0 Å². The fraction of sp³-hybridized carbons (Fsp3) is 0.167. The van der Waals surface area contributed by atoms with Crippen LogP contribution >= 0.6 is 22.9 Å². The van der Waals surface area contributed by atoms with Crippen molar-refractivity contribution in [1.29, 1.82) is 0 Å². The number of halogens is 1. The van der Waals surface area contributed by atoms with Gasteiger partial charge < -0.3 is 9.42 Å². The molecule has 1 aliphatic rings. The van der Waals surface area contributed by atoms with Crippen molar-refractivity contribution in [2.45, 2.75) is 5.92 Å². The SMILES string of the molecule is O=C(/C=C/c1ccccc1Cl)N1CC(c2nc(-c3ccsc3)no2)C1. The van der Waals surface area contributed by atoms with E-state index in [-0.39, 0.29) is 11.8 Å². The standard InChI is InChI=1S/C18H14ClN3O2S/c19-15-4-2-1-3-12(15)5-6-16(23)22-9-14(10-22)18-20-17(21-24-18)13-7-8-25-11-13/h1-8,11,14H,9-10H2/b6-5+. The van der Waals surface area contributed by atoms with Gasteiger partial charge in [0, 0.05) is 35.1 Å². The number of aromatic nitrogens is 2. The first-order valence-electron chi connectivity index (χ1n) is 7.78. The molecule has 3 heterocycles. The molecule has 2 aromatic heterocycles. The van der Waals surface area contributed by atoms with Gasteiger partial charge in [0.1, 0.15) is 0 Å². The highest BCUT2D eigenvalue weighted by molar-refractivity contribution is 7.08. The predicted molar refractivity (Wildman–Crippen MR) is 97.4 cm³/mol. The smallest absolute Gasteiger partial charge is 0.246 e. The molecule has 1 fully saturated rings. The number of rotatable bonds is 4. The van der Waals surface area contributed by atoms with Crippen molar-refractivity contribution in [3.8, 4) is 11.4 Å². The molecule has 126 valence electrons. The van der Waals surface area contributed by atoms with Crippen molar-refractivity contribution in [1.82, 2.24) is 15.0 Å². The summed E-state index contributed by atoms with van der Waals surface area (Å²) in [6, 6.07) is 9.36. The number of benzene rings is 1. The molecule has 4 rings (SSSR count). The van der Waals surface area contributed by atoms with Crippen LogP contribution in [0.15, 0.2) is 51.7 Å². The van der Waals surface area contributed by atoms with Crippen molar-refractivity contribution in [2.75, 3.05) is 13.1 Å². The van der Waals surface area contributed by atoms with Crippen LogP contribution in [0.4, 0.5) is 0 Å². The summed E-state index contributed by atoms with van der Waals surface area (Å²) in [4.78, 5) is 18.4. The van der Waals surface area contributed by atoms with Crippen molar-refractivity contribution in [2.24, 2.45) is 0 Å². The Balaban J connectivity index is 1.36. The average Bonchev–Trinajstić information content (AvgIpc) is 3.24. The molecular weight excluding hydrogens is 358 g/mol. The van der Waals surface area contributed by atoms with Gasteiger partial charge >= 0.3 is 0 Å². The summed E-state index contributed by atoms with van der Waals surface area (Å²) < 4.78 is 5.34. The molecule has 0 saturated carbocycles. The highest BCUT2D eigenvalue weighted by Crippen LogP contribution is 2.28.